The van der Waals surface area contributed by atoms with E-state index in [0.717, 1.165) is 24.2 Å². The number of nitrogens with one attached hydrogen (secondary N) is 1. The van der Waals surface area contributed by atoms with E-state index in [9.17, 15) is 14.4 Å². The Hall–Kier alpha value is -2.57. The summed E-state index contributed by atoms with van der Waals surface area (Å²) in [5, 5.41) is 2.82. The van der Waals surface area contributed by atoms with Crippen molar-refractivity contribution in [1.82, 2.24) is 10.2 Å². The zero-order chi connectivity index (χ0) is 18.6. The van der Waals surface area contributed by atoms with Crippen molar-refractivity contribution >= 4 is 17.9 Å². The summed E-state index contributed by atoms with van der Waals surface area (Å²) in [7, 11) is 0. The molecule has 0 aromatic heterocycles. The van der Waals surface area contributed by atoms with E-state index in [0.29, 0.717) is 12.2 Å². The Labute approximate surface area is 152 Å². The Balaban J connectivity index is 1.48. The molecule has 1 aromatic carbocycles. The molecule has 0 radical (unpaired) electrons. The summed E-state index contributed by atoms with van der Waals surface area (Å²) in [6.07, 6.45) is 3.46. The second-order valence-corrected chi connectivity index (χ2v) is 6.82. The molecule has 140 valence electrons. The molecule has 1 spiro atoms. The molecule has 2 aliphatic rings. The second-order valence-electron chi connectivity index (χ2n) is 6.82. The summed E-state index contributed by atoms with van der Waals surface area (Å²) in [4.78, 5) is 38.0. The van der Waals surface area contributed by atoms with Gasteiger partial charge in [0.25, 0.3) is 5.91 Å². The minimum Gasteiger partial charge on any atom is -0.490 e. The molecule has 1 saturated heterocycles. The minimum absolute atomic E-state index is 0.0545. The summed E-state index contributed by atoms with van der Waals surface area (Å²) in [5.74, 6) is -0.184. The summed E-state index contributed by atoms with van der Waals surface area (Å²) in [6.45, 7) is 1.86. The molecule has 26 heavy (non-hydrogen) atoms. The van der Waals surface area contributed by atoms with Gasteiger partial charge in [0.1, 0.15) is 31.0 Å². The zero-order valence-electron chi connectivity index (χ0n) is 14.9. The van der Waals surface area contributed by atoms with Gasteiger partial charge in [0.15, 0.2) is 0 Å². The molecule has 0 unspecified atom stereocenters. The fraction of sp³-hybridized carbons (Fsp3) is 0.526. The molecule has 1 aromatic rings. The summed E-state index contributed by atoms with van der Waals surface area (Å²) < 4.78 is 10.5. The van der Waals surface area contributed by atoms with Gasteiger partial charge < -0.3 is 14.8 Å². The average Bonchev–Trinajstić information content (AvgIpc) is 2.87. The maximum absolute atomic E-state index is 12.8. The van der Waals surface area contributed by atoms with Crippen LogP contribution in [0.2, 0.25) is 0 Å². The number of esters is 1. The smallest absolute Gasteiger partial charge is 0.326 e. The number of amides is 3. The zero-order valence-corrected chi connectivity index (χ0v) is 14.9. The third kappa shape index (κ3) is 3.66. The van der Waals surface area contributed by atoms with Crippen LogP contribution in [0.5, 0.6) is 5.75 Å². The number of ether oxygens (including phenoxy) is 2. The fourth-order valence-electron chi connectivity index (χ4n) is 3.65. The molecule has 3 amide bonds. The highest BCUT2D eigenvalue weighted by Crippen LogP contribution is 2.38. The van der Waals surface area contributed by atoms with E-state index in [2.05, 4.69) is 5.32 Å². The van der Waals surface area contributed by atoms with Crippen molar-refractivity contribution in [1.29, 1.82) is 0 Å². The fourth-order valence-corrected chi connectivity index (χ4v) is 3.65. The van der Waals surface area contributed by atoms with E-state index in [4.69, 9.17) is 9.47 Å². The van der Waals surface area contributed by atoms with Crippen LogP contribution in [-0.4, -0.2) is 48.1 Å². The predicted octanol–water partition coefficient (Wildman–Crippen LogP) is 2.11. The molecule has 1 aliphatic carbocycles. The number of rotatable bonds is 6. The number of imide groups is 1. The lowest BCUT2D eigenvalue weighted by Crippen LogP contribution is -2.54. The highest BCUT2D eigenvalue weighted by atomic mass is 16.6. The molecule has 2 fully saturated rings. The molecule has 1 saturated carbocycles. The number of hydrogen-bond acceptors (Lipinski definition) is 5. The minimum atomic E-state index is -0.855. The number of hydrogen-bond donors (Lipinski definition) is 1. The van der Waals surface area contributed by atoms with Crippen molar-refractivity contribution in [2.45, 2.75) is 38.1 Å². The van der Waals surface area contributed by atoms with Gasteiger partial charge in [-0.25, -0.2) is 4.79 Å². The highest BCUT2D eigenvalue weighted by Gasteiger charge is 2.55. The van der Waals surface area contributed by atoms with Gasteiger partial charge >= 0.3 is 12.0 Å². The quantitative estimate of drug-likeness (QED) is 0.477. The average molecular weight is 360 g/mol. The van der Waals surface area contributed by atoms with Crippen LogP contribution in [0.25, 0.3) is 0 Å². The first kappa shape index (κ1) is 18.2. The van der Waals surface area contributed by atoms with E-state index in [1.807, 2.05) is 25.1 Å². The highest BCUT2D eigenvalue weighted by molar-refractivity contribution is 6.08. The maximum atomic E-state index is 12.8. The van der Waals surface area contributed by atoms with Crippen LogP contribution >= 0.6 is 0 Å². The third-order valence-electron chi connectivity index (χ3n) is 5.15. The van der Waals surface area contributed by atoms with Gasteiger partial charge in [0, 0.05) is 0 Å². The van der Waals surface area contributed by atoms with Crippen LogP contribution < -0.4 is 10.1 Å². The van der Waals surface area contributed by atoms with E-state index in [-0.39, 0.29) is 31.6 Å². The SMILES string of the molecule is C[C@@H]1CCCC[C@]12NC(=O)N(CC(=O)OCCOc1ccccc1)C2=O. The molecule has 1 N–H and O–H groups in total. The number of carbonyl (C=O) groups excluding carboxylic acids is 3. The molecule has 2 atom stereocenters. The molecular formula is C19H24N2O5. The van der Waals surface area contributed by atoms with Crippen molar-refractivity contribution in [3.63, 3.8) is 0 Å². The Bertz CT molecular complexity index is 678. The molecule has 7 heteroatoms. The summed E-state index contributed by atoms with van der Waals surface area (Å²) >= 11 is 0. The lowest BCUT2D eigenvalue weighted by atomic mass is 9.73. The van der Waals surface area contributed by atoms with Crippen LogP contribution in [0, 0.1) is 5.92 Å². The lowest BCUT2D eigenvalue weighted by molar-refractivity contribution is -0.149. The van der Waals surface area contributed by atoms with Gasteiger partial charge in [0.05, 0.1) is 0 Å². The number of nitrogens with zero attached hydrogens (tertiary/aromatic N) is 1. The van der Waals surface area contributed by atoms with E-state index < -0.39 is 17.5 Å². The first-order valence-corrected chi connectivity index (χ1v) is 9.00. The molecule has 0 bridgehead atoms. The Kier molecular flexibility index (Phi) is 5.44. The van der Waals surface area contributed by atoms with Crippen LogP contribution in [0.3, 0.4) is 0 Å². The monoisotopic (exact) mass is 360 g/mol. The molecule has 1 aliphatic heterocycles. The van der Waals surface area contributed by atoms with Crippen LogP contribution in [0.4, 0.5) is 4.79 Å². The van der Waals surface area contributed by atoms with Crippen molar-refractivity contribution in [2.75, 3.05) is 19.8 Å². The Morgan fingerprint density at radius 1 is 1.23 bits per heavy atom. The summed E-state index contributed by atoms with van der Waals surface area (Å²) in [5.41, 5.74) is -0.855. The van der Waals surface area contributed by atoms with Gasteiger partial charge in [-0.2, -0.15) is 0 Å². The van der Waals surface area contributed by atoms with E-state index >= 15 is 0 Å². The van der Waals surface area contributed by atoms with Crippen LogP contribution in [-0.2, 0) is 14.3 Å². The van der Waals surface area contributed by atoms with Crippen LogP contribution in [0.1, 0.15) is 32.6 Å². The second kappa shape index (κ2) is 7.76. The molecular weight excluding hydrogens is 336 g/mol. The van der Waals surface area contributed by atoms with Gasteiger partial charge in [-0.1, -0.05) is 38.0 Å². The molecule has 3 rings (SSSR count). The van der Waals surface area contributed by atoms with E-state index in [1.165, 1.54) is 0 Å². The van der Waals surface area contributed by atoms with Crippen molar-refractivity contribution < 1.29 is 23.9 Å². The number of para-hydroxylation sites is 1. The molecule has 7 nitrogen and oxygen atoms in total. The number of urea groups is 1. The first-order chi connectivity index (χ1) is 12.5. The number of carbonyl (C=O) groups is 3. The maximum Gasteiger partial charge on any atom is 0.326 e. The van der Waals surface area contributed by atoms with E-state index in [1.54, 1.807) is 12.1 Å². The van der Waals surface area contributed by atoms with Crippen molar-refractivity contribution in [3.8, 4) is 5.75 Å². The Morgan fingerprint density at radius 3 is 2.73 bits per heavy atom. The standard InChI is InChI=1S/C19H24N2O5/c1-14-7-5-6-10-19(14)17(23)21(18(24)20-19)13-16(22)26-12-11-25-15-8-3-2-4-9-15/h2-4,8-9,14H,5-7,10-13H2,1H3,(H,20,24)/t14-,19+/m1/s1. The first-order valence-electron chi connectivity index (χ1n) is 9.00. The number of benzene rings is 1. The van der Waals surface area contributed by atoms with Crippen LogP contribution in [0.15, 0.2) is 30.3 Å². The van der Waals surface area contributed by atoms with Crippen molar-refractivity contribution in [2.24, 2.45) is 5.92 Å². The van der Waals surface area contributed by atoms with Gasteiger partial charge in [-0.15, -0.1) is 0 Å². The van der Waals surface area contributed by atoms with Gasteiger partial charge in [-0.05, 0) is 30.9 Å². The largest absolute Gasteiger partial charge is 0.490 e. The third-order valence-corrected chi connectivity index (χ3v) is 5.15. The van der Waals surface area contributed by atoms with Gasteiger partial charge in [0.2, 0.25) is 0 Å². The normalized spacial score (nSPS) is 25.3. The predicted molar refractivity (Wildman–Crippen MR) is 93.5 cm³/mol. The Morgan fingerprint density at radius 2 is 2.00 bits per heavy atom. The summed E-state index contributed by atoms with van der Waals surface area (Å²) in [6, 6.07) is 8.67. The van der Waals surface area contributed by atoms with Crippen molar-refractivity contribution in [3.05, 3.63) is 30.3 Å². The topological polar surface area (TPSA) is 84.9 Å². The lowest BCUT2D eigenvalue weighted by Gasteiger charge is -2.36. The molecule has 1 heterocycles. The van der Waals surface area contributed by atoms with Gasteiger partial charge in [-0.3, -0.25) is 14.5 Å².